The molecule has 5 heteroatoms. The summed E-state index contributed by atoms with van der Waals surface area (Å²) in [6.45, 7) is 0.901. The lowest BCUT2D eigenvalue weighted by Gasteiger charge is -2.21. The third-order valence-corrected chi connectivity index (χ3v) is 2.72. The number of hydrogen-bond acceptors (Lipinski definition) is 4. The predicted octanol–water partition coefficient (Wildman–Crippen LogP) is 2.33. The number of aromatic nitrogens is 2. The van der Waals surface area contributed by atoms with E-state index in [2.05, 4.69) is 26.1 Å². The van der Waals surface area contributed by atoms with Crippen molar-refractivity contribution in [3.05, 3.63) is 10.7 Å². The molecule has 78 valence electrons. The van der Waals surface area contributed by atoms with Crippen LogP contribution in [0.15, 0.2) is 9.22 Å². The van der Waals surface area contributed by atoms with E-state index in [0.717, 1.165) is 25.9 Å². The van der Waals surface area contributed by atoms with Crippen LogP contribution in [0.2, 0.25) is 0 Å². The van der Waals surface area contributed by atoms with Crippen LogP contribution in [0.5, 0.6) is 0 Å². The molecule has 0 saturated carbocycles. The van der Waals surface area contributed by atoms with Gasteiger partial charge in [-0.2, -0.15) is 0 Å². The number of nitrogens with zero attached hydrogens (tertiary/aromatic N) is 2. The highest BCUT2D eigenvalue weighted by Crippen LogP contribution is 2.18. The molecule has 0 spiro atoms. The highest BCUT2D eigenvalue weighted by atomic mass is 79.9. The van der Waals surface area contributed by atoms with Gasteiger partial charge in [0.25, 0.3) is 4.80 Å². The van der Waals surface area contributed by atoms with Gasteiger partial charge in [-0.25, -0.2) is 0 Å². The minimum absolute atomic E-state index is 0.384. The summed E-state index contributed by atoms with van der Waals surface area (Å²) in [6, 6.07) is 0. The van der Waals surface area contributed by atoms with Crippen LogP contribution >= 0.6 is 15.9 Å². The van der Waals surface area contributed by atoms with Crippen LogP contribution in [0.4, 0.5) is 0 Å². The maximum Gasteiger partial charge on any atom is 0.284 e. The van der Waals surface area contributed by atoms with Crippen LogP contribution in [0.3, 0.4) is 0 Å². The van der Waals surface area contributed by atoms with Gasteiger partial charge in [0.15, 0.2) is 0 Å². The molecule has 0 radical (unpaired) electrons. The van der Waals surface area contributed by atoms with Crippen molar-refractivity contribution in [2.75, 3.05) is 6.61 Å². The maximum absolute atomic E-state index is 5.60. The van der Waals surface area contributed by atoms with Crippen molar-refractivity contribution in [3.8, 4) is 0 Å². The van der Waals surface area contributed by atoms with Crippen molar-refractivity contribution in [1.82, 2.24) is 10.2 Å². The Hall–Kier alpha value is -0.420. The van der Waals surface area contributed by atoms with Gasteiger partial charge in [-0.3, -0.25) is 0 Å². The molecule has 0 aromatic carbocycles. The summed E-state index contributed by atoms with van der Waals surface area (Å²) in [7, 11) is 0. The van der Waals surface area contributed by atoms with Gasteiger partial charge >= 0.3 is 0 Å². The molecule has 1 atom stereocenters. The van der Waals surface area contributed by atoms with Crippen molar-refractivity contribution in [1.29, 1.82) is 0 Å². The van der Waals surface area contributed by atoms with E-state index in [1.54, 1.807) is 0 Å². The summed E-state index contributed by atoms with van der Waals surface area (Å²) in [4.78, 5) is 0.456. The SMILES string of the molecule is Brc1nnc(CCC2CCCCO2)o1. The Morgan fingerprint density at radius 3 is 2.93 bits per heavy atom. The fraction of sp³-hybridized carbons (Fsp3) is 0.778. The van der Waals surface area contributed by atoms with Crippen LogP contribution in [-0.2, 0) is 11.2 Å². The summed E-state index contributed by atoms with van der Waals surface area (Å²) < 4.78 is 10.8. The Morgan fingerprint density at radius 2 is 2.29 bits per heavy atom. The molecule has 4 nitrogen and oxygen atoms in total. The third-order valence-electron chi connectivity index (χ3n) is 2.40. The quantitative estimate of drug-likeness (QED) is 0.837. The summed E-state index contributed by atoms with van der Waals surface area (Å²) in [6.07, 6.45) is 5.81. The molecule has 1 saturated heterocycles. The topological polar surface area (TPSA) is 48.2 Å². The van der Waals surface area contributed by atoms with Gasteiger partial charge in [-0.1, -0.05) is 0 Å². The zero-order valence-corrected chi connectivity index (χ0v) is 9.49. The molecule has 1 aromatic rings. The van der Waals surface area contributed by atoms with E-state index in [-0.39, 0.29) is 0 Å². The van der Waals surface area contributed by atoms with Gasteiger partial charge in [0, 0.05) is 29.0 Å². The first kappa shape index (κ1) is 10.1. The molecule has 2 heterocycles. The fourth-order valence-corrected chi connectivity index (χ4v) is 1.92. The second-order valence-corrected chi connectivity index (χ2v) is 4.15. The third kappa shape index (κ3) is 2.78. The molecule has 1 aliphatic rings. The summed E-state index contributed by atoms with van der Waals surface area (Å²) in [5, 5.41) is 7.62. The zero-order chi connectivity index (χ0) is 9.80. The largest absolute Gasteiger partial charge is 0.416 e. The molecular formula is C9H13BrN2O2. The van der Waals surface area contributed by atoms with E-state index in [0.29, 0.717) is 16.8 Å². The molecule has 0 aliphatic carbocycles. The van der Waals surface area contributed by atoms with Gasteiger partial charge in [0.2, 0.25) is 5.89 Å². The summed E-state index contributed by atoms with van der Waals surface area (Å²) in [5.41, 5.74) is 0. The average molecular weight is 261 g/mol. The first-order chi connectivity index (χ1) is 6.84. The average Bonchev–Trinajstić information content (AvgIpc) is 2.63. The lowest BCUT2D eigenvalue weighted by molar-refractivity contribution is 0.0106. The van der Waals surface area contributed by atoms with E-state index in [4.69, 9.17) is 9.15 Å². The molecule has 1 aliphatic heterocycles. The Bertz CT molecular complexity index is 284. The number of rotatable bonds is 3. The second kappa shape index (κ2) is 4.89. The fourth-order valence-electron chi connectivity index (χ4n) is 1.65. The van der Waals surface area contributed by atoms with E-state index in [9.17, 15) is 0 Å². The number of hydrogen-bond donors (Lipinski definition) is 0. The van der Waals surface area contributed by atoms with Crippen LogP contribution in [0.25, 0.3) is 0 Å². The Labute approximate surface area is 91.2 Å². The van der Waals surface area contributed by atoms with Crippen LogP contribution in [0, 0.1) is 0 Å². The van der Waals surface area contributed by atoms with E-state index < -0.39 is 0 Å². The first-order valence-electron chi connectivity index (χ1n) is 4.94. The zero-order valence-electron chi connectivity index (χ0n) is 7.91. The van der Waals surface area contributed by atoms with Gasteiger partial charge in [0.05, 0.1) is 6.10 Å². The van der Waals surface area contributed by atoms with E-state index in [1.165, 1.54) is 12.8 Å². The van der Waals surface area contributed by atoms with Crippen molar-refractivity contribution < 1.29 is 9.15 Å². The number of ether oxygens (including phenoxy) is 1. The van der Waals surface area contributed by atoms with Crippen molar-refractivity contribution in [3.63, 3.8) is 0 Å². The lowest BCUT2D eigenvalue weighted by Crippen LogP contribution is -2.19. The molecule has 0 amide bonds. The van der Waals surface area contributed by atoms with Crippen LogP contribution in [0.1, 0.15) is 31.6 Å². The van der Waals surface area contributed by atoms with Crippen LogP contribution in [-0.4, -0.2) is 22.9 Å². The van der Waals surface area contributed by atoms with Gasteiger partial charge < -0.3 is 9.15 Å². The molecule has 2 rings (SSSR count). The monoisotopic (exact) mass is 260 g/mol. The van der Waals surface area contributed by atoms with Gasteiger partial charge in [-0.15, -0.1) is 10.2 Å². The van der Waals surface area contributed by atoms with E-state index in [1.807, 2.05) is 0 Å². The first-order valence-corrected chi connectivity index (χ1v) is 5.73. The standard InChI is InChI=1S/C9H13BrN2O2/c10-9-12-11-8(14-9)5-4-7-3-1-2-6-13-7/h7H,1-6H2. The van der Waals surface area contributed by atoms with E-state index >= 15 is 0 Å². The minimum Gasteiger partial charge on any atom is -0.416 e. The Balaban J connectivity index is 1.76. The van der Waals surface area contributed by atoms with Crippen molar-refractivity contribution in [2.24, 2.45) is 0 Å². The smallest absolute Gasteiger partial charge is 0.284 e. The molecule has 1 fully saturated rings. The second-order valence-electron chi connectivity index (χ2n) is 3.48. The van der Waals surface area contributed by atoms with Gasteiger partial charge in [-0.05, 0) is 25.7 Å². The highest BCUT2D eigenvalue weighted by molar-refractivity contribution is 9.10. The minimum atomic E-state index is 0.384. The summed E-state index contributed by atoms with van der Waals surface area (Å²) in [5.74, 6) is 0.686. The normalized spacial score (nSPS) is 22.5. The Morgan fingerprint density at radius 1 is 1.36 bits per heavy atom. The molecule has 0 N–H and O–H groups in total. The number of halogens is 1. The lowest BCUT2D eigenvalue weighted by atomic mass is 10.0. The maximum atomic E-state index is 5.60. The highest BCUT2D eigenvalue weighted by Gasteiger charge is 2.15. The summed E-state index contributed by atoms with van der Waals surface area (Å²) >= 11 is 3.13. The molecule has 14 heavy (non-hydrogen) atoms. The molecular weight excluding hydrogens is 248 g/mol. The molecule has 1 unspecified atom stereocenters. The van der Waals surface area contributed by atoms with Crippen molar-refractivity contribution in [2.45, 2.75) is 38.2 Å². The Kier molecular flexibility index (Phi) is 3.53. The predicted molar refractivity (Wildman–Crippen MR) is 53.9 cm³/mol. The van der Waals surface area contributed by atoms with Crippen molar-refractivity contribution >= 4 is 15.9 Å². The van der Waals surface area contributed by atoms with Gasteiger partial charge in [0.1, 0.15) is 0 Å². The number of aryl methyl sites for hydroxylation is 1. The molecule has 1 aromatic heterocycles. The van der Waals surface area contributed by atoms with Crippen LogP contribution < -0.4 is 0 Å². The molecule has 0 bridgehead atoms.